The molecule has 0 spiro atoms. The molecule has 6 heteroatoms. The minimum Gasteiger partial charge on any atom is -0.480 e. The predicted octanol–water partition coefficient (Wildman–Crippen LogP) is 3.01. The van der Waals surface area contributed by atoms with Gasteiger partial charge in [0.25, 0.3) is 0 Å². The Labute approximate surface area is 120 Å². The lowest BCUT2D eigenvalue weighted by atomic mass is 10.2. The lowest BCUT2D eigenvalue weighted by Crippen LogP contribution is -2.38. The third kappa shape index (κ3) is 3.36. The fourth-order valence-corrected chi connectivity index (χ4v) is 2.56. The number of fused-ring (bicyclic) bond motifs is 1. The largest absolute Gasteiger partial charge is 0.480 e. The molecule has 0 unspecified atom stereocenters. The molecule has 5 nitrogen and oxygen atoms in total. The number of carbonyl (C=O) groups is 2. The van der Waals surface area contributed by atoms with Crippen molar-refractivity contribution in [2.75, 3.05) is 18.4 Å². The number of rotatable bonds is 5. The van der Waals surface area contributed by atoms with Crippen LogP contribution in [0.3, 0.4) is 0 Å². The fourth-order valence-electron chi connectivity index (χ4n) is 1.79. The molecule has 20 heavy (non-hydrogen) atoms. The van der Waals surface area contributed by atoms with Crippen molar-refractivity contribution < 1.29 is 14.7 Å². The average Bonchev–Trinajstić information content (AvgIpc) is 2.85. The Kier molecular flexibility index (Phi) is 4.37. The maximum atomic E-state index is 12.0. The van der Waals surface area contributed by atoms with Gasteiger partial charge in [-0.1, -0.05) is 6.08 Å². The zero-order valence-corrected chi connectivity index (χ0v) is 11.5. The van der Waals surface area contributed by atoms with Crippen molar-refractivity contribution >= 4 is 39.1 Å². The number of thiophene rings is 1. The number of hydrogen-bond acceptors (Lipinski definition) is 3. The van der Waals surface area contributed by atoms with Gasteiger partial charge >= 0.3 is 12.0 Å². The van der Waals surface area contributed by atoms with Gasteiger partial charge in [-0.2, -0.15) is 0 Å². The number of carbonyl (C=O) groups excluding carboxylic acids is 1. The molecule has 0 bridgehead atoms. The van der Waals surface area contributed by atoms with E-state index >= 15 is 0 Å². The van der Waals surface area contributed by atoms with Gasteiger partial charge in [0, 0.05) is 16.9 Å². The first-order valence-electron chi connectivity index (χ1n) is 5.96. The summed E-state index contributed by atoms with van der Waals surface area (Å²) in [5.74, 6) is -1.06. The van der Waals surface area contributed by atoms with Crippen LogP contribution in [-0.2, 0) is 4.79 Å². The maximum absolute atomic E-state index is 12.0. The van der Waals surface area contributed by atoms with Crippen molar-refractivity contribution in [2.45, 2.75) is 0 Å². The Balaban J connectivity index is 2.11. The molecule has 1 aromatic carbocycles. The second-order valence-electron chi connectivity index (χ2n) is 4.17. The molecule has 104 valence electrons. The minimum absolute atomic E-state index is 0.179. The highest BCUT2D eigenvalue weighted by Gasteiger charge is 2.15. The van der Waals surface area contributed by atoms with Gasteiger partial charge in [-0.05, 0) is 35.0 Å². The van der Waals surface area contributed by atoms with Crippen LogP contribution in [0.1, 0.15) is 0 Å². The van der Waals surface area contributed by atoms with E-state index in [9.17, 15) is 9.59 Å². The Morgan fingerprint density at radius 2 is 2.20 bits per heavy atom. The number of aliphatic carboxylic acids is 1. The number of benzene rings is 1. The monoisotopic (exact) mass is 290 g/mol. The van der Waals surface area contributed by atoms with Crippen molar-refractivity contribution in [1.29, 1.82) is 0 Å². The van der Waals surface area contributed by atoms with Crippen molar-refractivity contribution in [3.63, 3.8) is 0 Å². The number of amides is 2. The van der Waals surface area contributed by atoms with Gasteiger partial charge in [-0.3, -0.25) is 4.79 Å². The van der Waals surface area contributed by atoms with E-state index in [2.05, 4.69) is 11.9 Å². The molecule has 0 saturated heterocycles. The molecule has 0 aliphatic heterocycles. The highest BCUT2D eigenvalue weighted by atomic mass is 32.1. The molecular weight excluding hydrogens is 276 g/mol. The first-order chi connectivity index (χ1) is 9.60. The summed E-state index contributed by atoms with van der Waals surface area (Å²) < 4.78 is 1.14. The summed E-state index contributed by atoms with van der Waals surface area (Å²) in [7, 11) is 0. The number of nitrogens with zero attached hydrogens (tertiary/aromatic N) is 1. The number of hydrogen-bond donors (Lipinski definition) is 2. The van der Waals surface area contributed by atoms with Crippen LogP contribution in [0.5, 0.6) is 0 Å². The summed E-state index contributed by atoms with van der Waals surface area (Å²) in [6, 6.07) is 7.08. The quantitative estimate of drug-likeness (QED) is 0.832. The van der Waals surface area contributed by atoms with Crippen molar-refractivity contribution in [3.05, 3.63) is 42.3 Å². The molecular formula is C14H14N2O3S. The third-order valence-corrected chi connectivity index (χ3v) is 3.56. The predicted molar refractivity (Wildman–Crippen MR) is 80.2 cm³/mol. The van der Waals surface area contributed by atoms with Gasteiger partial charge in [0.2, 0.25) is 0 Å². The zero-order chi connectivity index (χ0) is 14.5. The van der Waals surface area contributed by atoms with Crippen LogP contribution in [0.15, 0.2) is 42.3 Å². The number of urea groups is 1. The van der Waals surface area contributed by atoms with Gasteiger partial charge in [0.1, 0.15) is 6.54 Å². The molecule has 2 N–H and O–H groups in total. The molecule has 0 fully saturated rings. The molecule has 0 aliphatic carbocycles. The summed E-state index contributed by atoms with van der Waals surface area (Å²) >= 11 is 1.62. The summed E-state index contributed by atoms with van der Waals surface area (Å²) in [6.07, 6.45) is 1.49. The van der Waals surface area contributed by atoms with Gasteiger partial charge in [-0.25, -0.2) is 4.79 Å². The lowest BCUT2D eigenvalue weighted by molar-refractivity contribution is -0.137. The third-order valence-electron chi connectivity index (χ3n) is 2.67. The first kappa shape index (κ1) is 14.1. The molecule has 2 rings (SSSR count). The molecule has 0 radical (unpaired) electrons. The summed E-state index contributed by atoms with van der Waals surface area (Å²) in [5, 5.41) is 14.5. The van der Waals surface area contributed by atoms with Crippen LogP contribution in [0, 0.1) is 0 Å². The van der Waals surface area contributed by atoms with Crippen LogP contribution >= 0.6 is 11.3 Å². The lowest BCUT2D eigenvalue weighted by Gasteiger charge is -2.19. The van der Waals surface area contributed by atoms with Crippen LogP contribution in [-0.4, -0.2) is 35.1 Å². The Hall–Kier alpha value is -2.34. The van der Waals surface area contributed by atoms with Gasteiger partial charge in [-0.15, -0.1) is 17.9 Å². The molecule has 2 amide bonds. The second-order valence-corrected chi connectivity index (χ2v) is 5.11. The average molecular weight is 290 g/mol. The molecule has 1 heterocycles. The van der Waals surface area contributed by atoms with Crippen molar-refractivity contribution in [3.8, 4) is 0 Å². The fraction of sp³-hybridized carbons (Fsp3) is 0.143. The molecule has 2 aromatic rings. The summed E-state index contributed by atoms with van der Waals surface area (Å²) in [6.45, 7) is 3.33. The van der Waals surface area contributed by atoms with Gasteiger partial charge in [0.05, 0.1) is 0 Å². The van der Waals surface area contributed by atoms with E-state index < -0.39 is 12.0 Å². The Morgan fingerprint density at radius 1 is 1.40 bits per heavy atom. The number of carboxylic acid groups (broad SMARTS) is 1. The van der Waals surface area contributed by atoms with Gasteiger partial charge in [0.15, 0.2) is 0 Å². The van der Waals surface area contributed by atoms with E-state index in [1.54, 1.807) is 17.4 Å². The normalized spacial score (nSPS) is 10.2. The highest BCUT2D eigenvalue weighted by Crippen LogP contribution is 2.24. The Morgan fingerprint density at radius 3 is 2.90 bits per heavy atom. The Bertz CT molecular complexity index is 651. The zero-order valence-electron chi connectivity index (χ0n) is 10.7. The highest BCUT2D eigenvalue weighted by molar-refractivity contribution is 7.17. The summed E-state index contributed by atoms with van der Waals surface area (Å²) in [4.78, 5) is 23.9. The smallest absolute Gasteiger partial charge is 0.323 e. The second kappa shape index (κ2) is 6.21. The molecule has 0 aliphatic rings. The number of carboxylic acids is 1. The van der Waals surface area contributed by atoms with E-state index in [1.807, 2.05) is 23.6 Å². The van der Waals surface area contributed by atoms with E-state index in [0.29, 0.717) is 5.69 Å². The first-order valence-corrected chi connectivity index (χ1v) is 6.84. The van der Waals surface area contributed by atoms with E-state index in [1.165, 1.54) is 11.0 Å². The minimum atomic E-state index is -1.06. The standard InChI is InChI=1S/C14H14N2O3S/c1-2-6-16(9-13(17)18)14(19)15-11-3-4-12-10(8-11)5-7-20-12/h2-5,7-8H,1,6,9H2,(H,15,19)(H,17,18). The van der Waals surface area contributed by atoms with Crippen LogP contribution in [0.25, 0.3) is 10.1 Å². The molecule has 1 aromatic heterocycles. The summed E-state index contributed by atoms with van der Waals surface area (Å²) in [5.41, 5.74) is 0.639. The van der Waals surface area contributed by atoms with E-state index in [4.69, 9.17) is 5.11 Å². The molecule has 0 atom stereocenters. The topological polar surface area (TPSA) is 69.6 Å². The SMILES string of the molecule is C=CCN(CC(=O)O)C(=O)Nc1ccc2sccc2c1. The van der Waals surface area contributed by atoms with E-state index in [0.717, 1.165) is 10.1 Å². The number of nitrogens with one attached hydrogen (secondary N) is 1. The number of anilines is 1. The maximum Gasteiger partial charge on any atom is 0.323 e. The van der Waals surface area contributed by atoms with Crippen LogP contribution < -0.4 is 5.32 Å². The van der Waals surface area contributed by atoms with Crippen molar-refractivity contribution in [2.24, 2.45) is 0 Å². The van der Waals surface area contributed by atoms with Crippen LogP contribution in [0.2, 0.25) is 0 Å². The van der Waals surface area contributed by atoms with Gasteiger partial charge < -0.3 is 15.3 Å². The van der Waals surface area contributed by atoms with Crippen molar-refractivity contribution in [1.82, 2.24) is 4.90 Å². The van der Waals surface area contributed by atoms with Crippen LogP contribution in [0.4, 0.5) is 10.5 Å². The van der Waals surface area contributed by atoms with E-state index in [-0.39, 0.29) is 13.1 Å². The molecule has 0 saturated carbocycles.